The van der Waals surface area contributed by atoms with E-state index in [0.717, 1.165) is 18.7 Å². The lowest BCUT2D eigenvalue weighted by Crippen LogP contribution is -2.12. The van der Waals surface area contributed by atoms with Gasteiger partial charge in [-0.25, -0.2) is 13.4 Å². The van der Waals surface area contributed by atoms with Crippen molar-refractivity contribution in [3.63, 3.8) is 0 Å². The largest absolute Gasteiger partial charge is 0.417 e. The predicted molar refractivity (Wildman–Crippen MR) is 134 cm³/mol. The number of fused-ring (bicyclic) bond motifs is 1. The average Bonchev–Trinajstić information content (AvgIpc) is 3.10. The Bertz CT molecular complexity index is 1490. The molecule has 2 N–H and O–H groups in total. The fourth-order valence-electron chi connectivity index (χ4n) is 4.04. The lowest BCUT2D eigenvalue weighted by Gasteiger charge is -2.17. The molecule has 10 heteroatoms. The summed E-state index contributed by atoms with van der Waals surface area (Å²) >= 11 is 0. The summed E-state index contributed by atoms with van der Waals surface area (Å²) in [5, 5.41) is 0.129. The summed E-state index contributed by atoms with van der Waals surface area (Å²) in [6, 6.07) is 12.9. The van der Waals surface area contributed by atoms with Crippen LogP contribution in [-0.2, 0) is 16.0 Å². The molecule has 0 amide bonds. The monoisotopic (exact) mass is 516 g/mol. The van der Waals surface area contributed by atoms with E-state index in [2.05, 4.69) is 30.7 Å². The first kappa shape index (κ1) is 25.7. The van der Waals surface area contributed by atoms with E-state index < -0.39 is 21.6 Å². The van der Waals surface area contributed by atoms with Crippen LogP contribution in [0.5, 0.6) is 0 Å². The highest BCUT2D eigenvalue weighted by Crippen LogP contribution is 2.39. The maximum absolute atomic E-state index is 13.4. The molecule has 0 bridgehead atoms. The summed E-state index contributed by atoms with van der Waals surface area (Å²) in [6.45, 7) is 6.16. The van der Waals surface area contributed by atoms with E-state index in [0.29, 0.717) is 23.5 Å². The van der Waals surface area contributed by atoms with Crippen LogP contribution >= 0.6 is 0 Å². The third-order valence-corrected chi connectivity index (χ3v) is 7.65. The standard InChI is InChI=1S/C26H27F3N4O2S/c1-25(2,3)12-7-13-36(34,35)19-10-11-21(31-16-19)23-22(30)20-14-17(26(27,28)29)15-32-24(20)33(23)18-8-5-4-6-9-18/h4-6,8-11,14-16H,7,12-13,30H2,1-3H3. The molecule has 6 nitrogen and oxygen atoms in total. The number of hydrogen-bond acceptors (Lipinski definition) is 5. The Morgan fingerprint density at radius 2 is 1.67 bits per heavy atom. The third-order valence-electron chi connectivity index (χ3n) is 5.87. The molecule has 0 spiro atoms. The molecule has 36 heavy (non-hydrogen) atoms. The molecular weight excluding hydrogens is 489 g/mol. The number of alkyl halides is 3. The molecule has 0 fully saturated rings. The van der Waals surface area contributed by atoms with Gasteiger partial charge in [-0.2, -0.15) is 13.2 Å². The maximum Gasteiger partial charge on any atom is 0.417 e. The SMILES string of the molecule is CC(C)(C)CCCS(=O)(=O)c1ccc(-c2c(N)c3cc(C(F)(F)F)cnc3n2-c2ccccc2)nc1. The van der Waals surface area contributed by atoms with Crippen molar-refractivity contribution in [2.24, 2.45) is 5.41 Å². The molecule has 0 saturated heterocycles. The first-order valence-corrected chi connectivity index (χ1v) is 13.0. The van der Waals surface area contributed by atoms with Gasteiger partial charge in [-0.15, -0.1) is 0 Å². The Labute approximate surface area is 207 Å². The lowest BCUT2D eigenvalue weighted by atomic mass is 9.91. The minimum atomic E-state index is -4.58. The van der Waals surface area contributed by atoms with Gasteiger partial charge in [0, 0.05) is 23.5 Å². The Morgan fingerprint density at radius 1 is 0.972 bits per heavy atom. The third kappa shape index (κ3) is 5.23. The number of sulfone groups is 1. The zero-order valence-corrected chi connectivity index (χ0v) is 21.0. The first-order valence-electron chi connectivity index (χ1n) is 11.4. The number of rotatable bonds is 6. The Morgan fingerprint density at radius 3 is 2.25 bits per heavy atom. The second-order valence-electron chi connectivity index (χ2n) is 9.89. The van der Waals surface area contributed by atoms with Gasteiger partial charge in [-0.05, 0) is 48.6 Å². The van der Waals surface area contributed by atoms with Gasteiger partial charge in [0.1, 0.15) is 5.65 Å². The van der Waals surface area contributed by atoms with Crippen molar-refractivity contribution in [2.75, 3.05) is 11.5 Å². The average molecular weight is 517 g/mol. The van der Waals surface area contributed by atoms with Crippen LogP contribution in [0.3, 0.4) is 0 Å². The van der Waals surface area contributed by atoms with Crippen molar-refractivity contribution in [1.29, 1.82) is 0 Å². The van der Waals surface area contributed by atoms with E-state index in [1.807, 2.05) is 6.07 Å². The summed E-state index contributed by atoms with van der Waals surface area (Å²) in [4.78, 5) is 8.52. The molecule has 0 aliphatic carbocycles. The number of nitrogens with two attached hydrogens (primary N) is 1. The van der Waals surface area contributed by atoms with Gasteiger partial charge >= 0.3 is 6.18 Å². The normalized spacial score (nSPS) is 12.8. The number of nitrogen functional groups attached to an aromatic ring is 1. The quantitative estimate of drug-likeness (QED) is 0.325. The Balaban J connectivity index is 1.80. The number of benzene rings is 1. The molecule has 190 valence electrons. The fraction of sp³-hybridized carbons (Fsp3) is 0.308. The topological polar surface area (TPSA) is 90.9 Å². The van der Waals surface area contributed by atoms with Crippen LogP contribution in [-0.4, -0.2) is 28.7 Å². The van der Waals surface area contributed by atoms with Crippen LogP contribution in [0.25, 0.3) is 28.1 Å². The molecule has 4 aromatic rings. The van der Waals surface area contributed by atoms with Crippen LogP contribution in [0.2, 0.25) is 0 Å². The molecule has 4 rings (SSSR count). The Hall–Kier alpha value is -3.40. The van der Waals surface area contributed by atoms with Gasteiger partial charge < -0.3 is 5.73 Å². The number of halogens is 3. The molecule has 0 radical (unpaired) electrons. The minimum Gasteiger partial charge on any atom is -0.396 e. The number of hydrogen-bond donors (Lipinski definition) is 1. The second-order valence-corrected chi connectivity index (χ2v) is 12.0. The maximum atomic E-state index is 13.4. The van der Waals surface area contributed by atoms with Crippen molar-refractivity contribution >= 4 is 26.6 Å². The number of para-hydroxylation sites is 1. The fourth-order valence-corrected chi connectivity index (χ4v) is 5.29. The molecule has 3 heterocycles. The zero-order valence-electron chi connectivity index (χ0n) is 20.2. The van der Waals surface area contributed by atoms with Crippen LogP contribution < -0.4 is 5.73 Å². The minimum absolute atomic E-state index is 0.00184. The zero-order chi connectivity index (χ0) is 26.3. The van der Waals surface area contributed by atoms with Gasteiger partial charge in [0.2, 0.25) is 0 Å². The summed E-state index contributed by atoms with van der Waals surface area (Å²) in [7, 11) is -3.54. The molecule has 0 aliphatic heterocycles. The van der Waals surface area contributed by atoms with E-state index >= 15 is 0 Å². The molecule has 1 aromatic carbocycles. The van der Waals surface area contributed by atoms with Gasteiger partial charge in [-0.3, -0.25) is 9.55 Å². The number of pyridine rings is 2. The summed E-state index contributed by atoms with van der Waals surface area (Å²) < 4.78 is 67.3. The number of anilines is 1. The summed E-state index contributed by atoms with van der Waals surface area (Å²) in [5.74, 6) is 0.00184. The van der Waals surface area contributed by atoms with E-state index in [4.69, 9.17) is 5.73 Å². The molecule has 0 aliphatic rings. The highest BCUT2D eigenvalue weighted by Gasteiger charge is 2.32. The van der Waals surface area contributed by atoms with E-state index in [-0.39, 0.29) is 32.8 Å². The number of aromatic nitrogens is 3. The van der Waals surface area contributed by atoms with Gasteiger partial charge in [0.05, 0.1) is 33.3 Å². The van der Waals surface area contributed by atoms with E-state index in [9.17, 15) is 21.6 Å². The number of nitrogens with zero attached hydrogens (tertiary/aromatic N) is 3. The van der Waals surface area contributed by atoms with Gasteiger partial charge in [0.15, 0.2) is 9.84 Å². The smallest absolute Gasteiger partial charge is 0.396 e. The van der Waals surface area contributed by atoms with E-state index in [1.165, 1.54) is 18.3 Å². The van der Waals surface area contributed by atoms with Gasteiger partial charge in [0.25, 0.3) is 0 Å². The van der Waals surface area contributed by atoms with Crippen molar-refractivity contribution in [3.05, 3.63) is 66.5 Å². The molecular formula is C26H27F3N4O2S. The second kappa shape index (κ2) is 9.24. The van der Waals surface area contributed by atoms with Crippen molar-refractivity contribution in [2.45, 2.75) is 44.7 Å². The molecule has 0 atom stereocenters. The van der Waals surface area contributed by atoms with Crippen molar-refractivity contribution < 1.29 is 21.6 Å². The van der Waals surface area contributed by atoms with Crippen LogP contribution in [0.4, 0.5) is 18.9 Å². The Kier molecular flexibility index (Phi) is 6.59. The molecule has 0 saturated carbocycles. The predicted octanol–water partition coefficient (Wildman–Crippen LogP) is 6.29. The van der Waals surface area contributed by atoms with E-state index in [1.54, 1.807) is 28.8 Å². The highest BCUT2D eigenvalue weighted by atomic mass is 32.2. The van der Waals surface area contributed by atoms with Crippen molar-refractivity contribution in [3.8, 4) is 17.1 Å². The van der Waals surface area contributed by atoms with Crippen LogP contribution in [0, 0.1) is 5.41 Å². The summed E-state index contributed by atoms with van der Waals surface area (Å²) in [5.41, 5.74) is 7.06. The van der Waals surface area contributed by atoms with Crippen LogP contribution in [0.15, 0.2) is 65.8 Å². The van der Waals surface area contributed by atoms with Crippen molar-refractivity contribution in [1.82, 2.24) is 14.5 Å². The molecule has 0 unspecified atom stereocenters. The van der Waals surface area contributed by atoms with Crippen LogP contribution in [0.1, 0.15) is 39.2 Å². The highest BCUT2D eigenvalue weighted by molar-refractivity contribution is 7.91. The van der Waals surface area contributed by atoms with Gasteiger partial charge in [-0.1, -0.05) is 39.0 Å². The first-order chi connectivity index (χ1) is 16.8. The summed E-state index contributed by atoms with van der Waals surface area (Å²) in [6.07, 6.45) is -1.26. The lowest BCUT2D eigenvalue weighted by molar-refractivity contribution is -0.137. The molecule has 3 aromatic heterocycles.